The van der Waals surface area contributed by atoms with E-state index in [2.05, 4.69) is 0 Å². The molecular formula is C14H23NO4. The Balaban J connectivity index is 2.12. The van der Waals surface area contributed by atoms with Crippen LogP contribution in [0.2, 0.25) is 0 Å². The van der Waals surface area contributed by atoms with Crippen molar-refractivity contribution in [2.24, 2.45) is 5.92 Å². The van der Waals surface area contributed by atoms with Crippen molar-refractivity contribution in [1.29, 1.82) is 0 Å². The molecule has 2 fully saturated rings. The SMILES string of the molecule is COC(=O)[C@@H]1CC[C@H]2CC[C@@H]1N2C(=O)OC(C)(C)C. The number of nitrogens with zero attached hydrogens (tertiary/aromatic N) is 1. The second-order valence-electron chi connectivity index (χ2n) is 6.39. The van der Waals surface area contributed by atoms with E-state index in [0.717, 1.165) is 25.7 Å². The number of carbonyl (C=O) groups is 2. The normalized spacial score (nSPS) is 30.1. The molecule has 0 spiro atoms. The minimum Gasteiger partial charge on any atom is -0.469 e. The van der Waals surface area contributed by atoms with Gasteiger partial charge >= 0.3 is 12.1 Å². The van der Waals surface area contributed by atoms with Gasteiger partial charge in [-0.2, -0.15) is 0 Å². The molecule has 5 nitrogen and oxygen atoms in total. The smallest absolute Gasteiger partial charge is 0.410 e. The predicted molar refractivity (Wildman–Crippen MR) is 69.6 cm³/mol. The summed E-state index contributed by atoms with van der Waals surface area (Å²) in [6, 6.07) is 0.168. The Morgan fingerprint density at radius 2 is 1.74 bits per heavy atom. The van der Waals surface area contributed by atoms with Crippen molar-refractivity contribution in [1.82, 2.24) is 4.90 Å². The van der Waals surface area contributed by atoms with E-state index in [-0.39, 0.29) is 30.1 Å². The first kappa shape index (κ1) is 14.2. The van der Waals surface area contributed by atoms with Crippen LogP contribution in [0.25, 0.3) is 0 Å². The molecule has 108 valence electrons. The lowest BCUT2D eigenvalue weighted by molar-refractivity contribution is -0.149. The van der Waals surface area contributed by atoms with Crippen LogP contribution in [-0.4, -0.2) is 41.8 Å². The number of ether oxygens (including phenoxy) is 2. The molecule has 2 bridgehead atoms. The fourth-order valence-electron chi connectivity index (χ4n) is 3.18. The van der Waals surface area contributed by atoms with E-state index in [0.29, 0.717) is 0 Å². The maximum atomic E-state index is 12.3. The van der Waals surface area contributed by atoms with Crippen LogP contribution in [0.3, 0.4) is 0 Å². The van der Waals surface area contributed by atoms with Gasteiger partial charge in [-0.25, -0.2) is 4.79 Å². The molecule has 0 aromatic rings. The van der Waals surface area contributed by atoms with E-state index in [9.17, 15) is 9.59 Å². The molecule has 0 unspecified atom stereocenters. The third-order valence-corrected chi connectivity index (χ3v) is 3.93. The number of carbonyl (C=O) groups excluding carboxylic acids is 2. The summed E-state index contributed by atoms with van der Waals surface area (Å²) >= 11 is 0. The number of esters is 1. The minimum atomic E-state index is -0.505. The average molecular weight is 269 g/mol. The van der Waals surface area contributed by atoms with E-state index in [4.69, 9.17) is 9.47 Å². The topological polar surface area (TPSA) is 55.8 Å². The van der Waals surface area contributed by atoms with Crippen molar-refractivity contribution in [3.8, 4) is 0 Å². The Labute approximate surface area is 114 Å². The van der Waals surface area contributed by atoms with Crippen LogP contribution in [0, 0.1) is 5.92 Å². The van der Waals surface area contributed by atoms with E-state index in [1.165, 1.54) is 7.11 Å². The lowest BCUT2D eigenvalue weighted by Crippen LogP contribution is -2.51. The molecular weight excluding hydrogens is 246 g/mol. The van der Waals surface area contributed by atoms with Crippen LogP contribution in [0.15, 0.2) is 0 Å². The fraction of sp³-hybridized carbons (Fsp3) is 0.857. The number of methoxy groups -OCH3 is 1. The van der Waals surface area contributed by atoms with Crippen LogP contribution in [0.1, 0.15) is 46.5 Å². The van der Waals surface area contributed by atoms with Crippen molar-refractivity contribution >= 4 is 12.1 Å². The molecule has 1 amide bonds. The number of rotatable bonds is 1. The van der Waals surface area contributed by atoms with Crippen LogP contribution in [-0.2, 0) is 14.3 Å². The van der Waals surface area contributed by atoms with Gasteiger partial charge in [0.1, 0.15) is 5.60 Å². The molecule has 0 aromatic carbocycles. The number of piperidine rings is 1. The second-order valence-corrected chi connectivity index (χ2v) is 6.39. The maximum absolute atomic E-state index is 12.3. The van der Waals surface area contributed by atoms with E-state index < -0.39 is 5.60 Å². The quantitative estimate of drug-likeness (QED) is 0.686. The van der Waals surface area contributed by atoms with Crippen molar-refractivity contribution in [3.05, 3.63) is 0 Å². The third kappa shape index (κ3) is 2.85. The first-order valence-corrected chi connectivity index (χ1v) is 6.92. The molecule has 2 saturated heterocycles. The van der Waals surface area contributed by atoms with Crippen molar-refractivity contribution in [3.63, 3.8) is 0 Å². The third-order valence-electron chi connectivity index (χ3n) is 3.93. The summed E-state index contributed by atoms with van der Waals surface area (Å²) in [5.74, 6) is -0.407. The van der Waals surface area contributed by atoms with Gasteiger partial charge < -0.3 is 14.4 Å². The highest BCUT2D eigenvalue weighted by Crippen LogP contribution is 2.40. The molecule has 2 aliphatic heterocycles. The minimum absolute atomic E-state index is 0.0546. The van der Waals surface area contributed by atoms with Gasteiger partial charge in [0.15, 0.2) is 0 Å². The molecule has 0 radical (unpaired) electrons. The highest BCUT2D eigenvalue weighted by atomic mass is 16.6. The highest BCUT2D eigenvalue weighted by Gasteiger charge is 2.48. The Kier molecular flexibility index (Phi) is 3.74. The summed E-state index contributed by atoms with van der Waals surface area (Å²) in [6.07, 6.45) is 3.19. The number of amides is 1. The van der Waals surface area contributed by atoms with Crippen molar-refractivity contribution in [2.75, 3.05) is 7.11 Å². The fourth-order valence-corrected chi connectivity index (χ4v) is 3.18. The zero-order chi connectivity index (χ0) is 14.2. The zero-order valence-corrected chi connectivity index (χ0v) is 12.1. The van der Waals surface area contributed by atoms with Gasteiger partial charge in [-0.15, -0.1) is 0 Å². The van der Waals surface area contributed by atoms with Crippen molar-refractivity contribution < 1.29 is 19.1 Å². The zero-order valence-electron chi connectivity index (χ0n) is 12.1. The predicted octanol–water partition coefficient (Wildman–Crippen LogP) is 2.34. The van der Waals surface area contributed by atoms with Gasteiger partial charge in [0.05, 0.1) is 13.0 Å². The summed E-state index contributed by atoms with van der Waals surface area (Å²) in [5, 5.41) is 0. The molecule has 2 heterocycles. The molecule has 0 saturated carbocycles. The molecule has 2 rings (SSSR count). The summed E-state index contributed by atoms with van der Waals surface area (Å²) in [4.78, 5) is 25.9. The summed E-state index contributed by atoms with van der Waals surface area (Å²) < 4.78 is 10.3. The molecule has 2 aliphatic rings. The van der Waals surface area contributed by atoms with Crippen LogP contribution in [0.5, 0.6) is 0 Å². The molecule has 0 N–H and O–H groups in total. The number of fused-ring (bicyclic) bond motifs is 2. The molecule has 0 aliphatic carbocycles. The Bertz CT molecular complexity index is 374. The largest absolute Gasteiger partial charge is 0.469 e. The van der Waals surface area contributed by atoms with Crippen LogP contribution >= 0.6 is 0 Å². The van der Waals surface area contributed by atoms with E-state index >= 15 is 0 Å². The van der Waals surface area contributed by atoms with Gasteiger partial charge in [0.2, 0.25) is 0 Å². The summed E-state index contributed by atoms with van der Waals surface area (Å²) in [6.45, 7) is 5.57. The molecule has 19 heavy (non-hydrogen) atoms. The first-order chi connectivity index (χ1) is 8.83. The highest BCUT2D eigenvalue weighted by molar-refractivity contribution is 5.76. The molecule has 3 atom stereocenters. The number of hydrogen-bond donors (Lipinski definition) is 0. The van der Waals surface area contributed by atoms with Gasteiger partial charge in [0.25, 0.3) is 0 Å². The lowest BCUT2D eigenvalue weighted by Gasteiger charge is -2.39. The molecule has 5 heteroatoms. The monoisotopic (exact) mass is 269 g/mol. The van der Waals surface area contributed by atoms with E-state index in [1.54, 1.807) is 4.90 Å². The van der Waals surface area contributed by atoms with Crippen molar-refractivity contribution in [2.45, 2.75) is 64.1 Å². The molecule has 0 aromatic heterocycles. The lowest BCUT2D eigenvalue weighted by atomic mass is 9.90. The summed E-state index contributed by atoms with van der Waals surface area (Å²) in [5.41, 5.74) is -0.505. The standard InChI is InChI=1S/C14H23NO4/c1-14(2,3)19-13(17)15-9-5-7-10(12(16)18-4)11(15)8-6-9/h9-11H,5-8H2,1-4H3/t9-,10+,11-/m0/s1. The first-order valence-electron chi connectivity index (χ1n) is 6.92. The maximum Gasteiger partial charge on any atom is 0.410 e. The Morgan fingerprint density at radius 3 is 2.32 bits per heavy atom. The Morgan fingerprint density at radius 1 is 1.11 bits per heavy atom. The number of hydrogen-bond acceptors (Lipinski definition) is 4. The van der Waals surface area contributed by atoms with Gasteiger partial charge in [-0.05, 0) is 46.5 Å². The van der Waals surface area contributed by atoms with Crippen LogP contribution in [0.4, 0.5) is 4.79 Å². The van der Waals surface area contributed by atoms with Gasteiger partial charge in [0, 0.05) is 12.1 Å². The van der Waals surface area contributed by atoms with Gasteiger partial charge in [-0.1, -0.05) is 0 Å². The van der Waals surface area contributed by atoms with Crippen LogP contribution < -0.4 is 0 Å². The second kappa shape index (κ2) is 5.02. The Hall–Kier alpha value is -1.26. The average Bonchev–Trinajstić information content (AvgIpc) is 2.61. The van der Waals surface area contributed by atoms with E-state index in [1.807, 2.05) is 20.8 Å². The van der Waals surface area contributed by atoms with Gasteiger partial charge in [-0.3, -0.25) is 4.79 Å². The summed E-state index contributed by atoms with van der Waals surface area (Å²) in [7, 11) is 1.40.